The zero-order chi connectivity index (χ0) is 19.5. The molecule has 1 aliphatic rings. The predicted molar refractivity (Wildman–Crippen MR) is 111 cm³/mol. The predicted octanol–water partition coefficient (Wildman–Crippen LogP) is 3.35. The van der Waals surface area contributed by atoms with Gasteiger partial charge in [0, 0.05) is 23.1 Å². The molecule has 0 unspecified atom stereocenters. The third-order valence-corrected chi connectivity index (χ3v) is 5.47. The van der Waals surface area contributed by atoms with Gasteiger partial charge in [-0.1, -0.05) is 34.1 Å². The van der Waals surface area contributed by atoms with E-state index in [1.807, 2.05) is 45.9 Å². The highest BCUT2D eigenvalue weighted by Crippen LogP contribution is 2.18. The van der Waals surface area contributed by atoms with Gasteiger partial charge < -0.3 is 14.8 Å². The number of hydrogen-bond donors (Lipinski definition) is 1. The molecular formula is C21H21BrN4O2. The average Bonchev–Trinajstić information content (AvgIpc) is 3.35. The quantitative estimate of drug-likeness (QED) is 0.661. The number of amides is 2. The second kappa shape index (κ2) is 8.14. The number of fused-ring (bicyclic) bond motifs is 1. The Morgan fingerprint density at radius 2 is 1.86 bits per heavy atom. The van der Waals surface area contributed by atoms with Crippen LogP contribution in [0.2, 0.25) is 0 Å². The van der Waals surface area contributed by atoms with Gasteiger partial charge in [-0.2, -0.15) is 0 Å². The molecule has 0 atom stereocenters. The van der Waals surface area contributed by atoms with Crippen molar-refractivity contribution in [1.29, 1.82) is 0 Å². The van der Waals surface area contributed by atoms with Crippen molar-refractivity contribution in [3.8, 4) is 0 Å². The van der Waals surface area contributed by atoms with Gasteiger partial charge in [-0.05, 0) is 43.2 Å². The smallest absolute Gasteiger partial charge is 0.251 e. The molecule has 0 bridgehead atoms. The molecule has 6 nitrogen and oxygen atoms in total. The Labute approximate surface area is 171 Å². The number of nitrogens with one attached hydrogen (secondary N) is 1. The van der Waals surface area contributed by atoms with E-state index in [1.165, 1.54) is 0 Å². The summed E-state index contributed by atoms with van der Waals surface area (Å²) in [4.78, 5) is 31.7. The standard InChI is InChI=1S/C21H21BrN4O2/c22-16-7-5-6-15(12-16)21(28)23-13-19-24-17-8-1-2-9-18(17)26(19)14-20(27)25-10-3-4-11-25/h1-2,5-9,12H,3-4,10-11,13-14H2,(H,23,28). The first-order chi connectivity index (χ1) is 13.6. The van der Waals surface area contributed by atoms with Crippen LogP contribution in [0, 0.1) is 0 Å². The topological polar surface area (TPSA) is 67.2 Å². The van der Waals surface area contributed by atoms with Crippen molar-refractivity contribution in [2.24, 2.45) is 0 Å². The Kier molecular flexibility index (Phi) is 5.43. The Hall–Kier alpha value is -2.67. The van der Waals surface area contributed by atoms with Gasteiger partial charge in [-0.3, -0.25) is 9.59 Å². The molecule has 1 saturated heterocycles. The van der Waals surface area contributed by atoms with Gasteiger partial charge in [0.2, 0.25) is 5.91 Å². The highest BCUT2D eigenvalue weighted by Gasteiger charge is 2.21. The van der Waals surface area contributed by atoms with Crippen LogP contribution in [0.4, 0.5) is 0 Å². The number of likely N-dealkylation sites (tertiary alicyclic amines) is 1. The van der Waals surface area contributed by atoms with Crippen molar-refractivity contribution in [3.05, 3.63) is 64.4 Å². The molecule has 1 fully saturated rings. The molecule has 1 aliphatic heterocycles. The number of halogens is 1. The van der Waals surface area contributed by atoms with Crippen LogP contribution < -0.4 is 5.32 Å². The second-order valence-corrected chi connectivity index (χ2v) is 7.80. The summed E-state index contributed by atoms with van der Waals surface area (Å²) in [5.41, 5.74) is 2.30. The van der Waals surface area contributed by atoms with Crippen LogP contribution in [0.15, 0.2) is 53.0 Å². The van der Waals surface area contributed by atoms with E-state index in [0.717, 1.165) is 41.4 Å². The first-order valence-electron chi connectivity index (χ1n) is 9.37. The van der Waals surface area contributed by atoms with Crippen molar-refractivity contribution < 1.29 is 9.59 Å². The Balaban J connectivity index is 1.55. The van der Waals surface area contributed by atoms with Gasteiger partial charge in [-0.25, -0.2) is 4.98 Å². The van der Waals surface area contributed by atoms with E-state index in [2.05, 4.69) is 26.2 Å². The fourth-order valence-electron chi connectivity index (χ4n) is 3.53. The summed E-state index contributed by atoms with van der Waals surface area (Å²) in [6, 6.07) is 15.0. The summed E-state index contributed by atoms with van der Waals surface area (Å²) in [6.45, 7) is 2.14. The van der Waals surface area contributed by atoms with Gasteiger partial charge >= 0.3 is 0 Å². The number of para-hydroxylation sites is 2. The molecule has 2 heterocycles. The number of carbonyl (C=O) groups excluding carboxylic acids is 2. The fraction of sp³-hybridized carbons (Fsp3) is 0.286. The van der Waals surface area contributed by atoms with Crippen molar-refractivity contribution in [2.45, 2.75) is 25.9 Å². The highest BCUT2D eigenvalue weighted by molar-refractivity contribution is 9.10. The number of rotatable bonds is 5. The Bertz CT molecular complexity index is 1020. The number of benzene rings is 2. The lowest BCUT2D eigenvalue weighted by molar-refractivity contribution is -0.130. The molecule has 2 amide bonds. The average molecular weight is 441 g/mol. The van der Waals surface area contributed by atoms with E-state index in [0.29, 0.717) is 11.4 Å². The molecule has 0 aliphatic carbocycles. The van der Waals surface area contributed by atoms with Crippen LogP contribution in [-0.2, 0) is 17.9 Å². The van der Waals surface area contributed by atoms with E-state index >= 15 is 0 Å². The molecule has 1 N–H and O–H groups in total. The van der Waals surface area contributed by atoms with Crippen LogP contribution in [0.5, 0.6) is 0 Å². The van der Waals surface area contributed by atoms with Crippen molar-refractivity contribution >= 4 is 38.8 Å². The largest absolute Gasteiger partial charge is 0.345 e. The van der Waals surface area contributed by atoms with Crippen LogP contribution in [-0.4, -0.2) is 39.4 Å². The fourth-order valence-corrected chi connectivity index (χ4v) is 3.93. The summed E-state index contributed by atoms with van der Waals surface area (Å²) in [5.74, 6) is 0.600. The summed E-state index contributed by atoms with van der Waals surface area (Å²) in [6.07, 6.45) is 2.12. The zero-order valence-corrected chi connectivity index (χ0v) is 17.0. The zero-order valence-electron chi connectivity index (χ0n) is 15.4. The third kappa shape index (κ3) is 3.94. The Morgan fingerprint density at radius 1 is 1.07 bits per heavy atom. The summed E-state index contributed by atoms with van der Waals surface area (Å²) in [7, 11) is 0. The molecule has 2 aromatic carbocycles. The minimum absolute atomic E-state index is 0.0974. The Morgan fingerprint density at radius 3 is 2.64 bits per heavy atom. The molecule has 0 radical (unpaired) electrons. The second-order valence-electron chi connectivity index (χ2n) is 6.88. The molecule has 144 valence electrons. The van der Waals surface area contributed by atoms with E-state index in [9.17, 15) is 9.59 Å². The van der Waals surface area contributed by atoms with Crippen LogP contribution in [0.3, 0.4) is 0 Å². The van der Waals surface area contributed by atoms with Gasteiger partial charge in [-0.15, -0.1) is 0 Å². The van der Waals surface area contributed by atoms with Gasteiger partial charge in [0.25, 0.3) is 5.91 Å². The third-order valence-electron chi connectivity index (χ3n) is 4.98. The maximum Gasteiger partial charge on any atom is 0.251 e. The maximum absolute atomic E-state index is 12.7. The summed E-state index contributed by atoms with van der Waals surface area (Å²) >= 11 is 3.38. The summed E-state index contributed by atoms with van der Waals surface area (Å²) < 4.78 is 2.76. The van der Waals surface area contributed by atoms with Gasteiger partial charge in [0.15, 0.2) is 0 Å². The molecule has 4 rings (SSSR count). The van der Waals surface area contributed by atoms with Crippen molar-refractivity contribution in [2.75, 3.05) is 13.1 Å². The lowest BCUT2D eigenvalue weighted by Crippen LogP contribution is -2.32. The molecule has 7 heteroatoms. The molecule has 28 heavy (non-hydrogen) atoms. The van der Waals surface area contributed by atoms with E-state index in [1.54, 1.807) is 12.1 Å². The van der Waals surface area contributed by atoms with Crippen LogP contribution in [0.1, 0.15) is 29.0 Å². The number of nitrogens with zero attached hydrogens (tertiary/aromatic N) is 3. The number of aromatic nitrogens is 2. The number of carbonyl (C=O) groups is 2. The van der Waals surface area contributed by atoms with E-state index < -0.39 is 0 Å². The molecule has 0 spiro atoms. The normalized spacial score (nSPS) is 13.8. The van der Waals surface area contributed by atoms with Crippen molar-refractivity contribution in [1.82, 2.24) is 19.8 Å². The summed E-state index contributed by atoms with van der Waals surface area (Å²) in [5, 5.41) is 2.92. The number of imidazole rings is 1. The van der Waals surface area contributed by atoms with Gasteiger partial charge in [0.1, 0.15) is 12.4 Å². The molecular weight excluding hydrogens is 420 g/mol. The van der Waals surface area contributed by atoms with Crippen LogP contribution >= 0.6 is 15.9 Å². The highest BCUT2D eigenvalue weighted by atomic mass is 79.9. The molecule has 3 aromatic rings. The van der Waals surface area contributed by atoms with E-state index in [4.69, 9.17) is 0 Å². The monoisotopic (exact) mass is 440 g/mol. The minimum atomic E-state index is -0.175. The molecule has 0 saturated carbocycles. The maximum atomic E-state index is 12.7. The van der Waals surface area contributed by atoms with Crippen LogP contribution in [0.25, 0.3) is 11.0 Å². The lowest BCUT2D eigenvalue weighted by Gasteiger charge is -2.17. The van der Waals surface area contributed by atoms with E-state index in [-0.39, 0.29) is 24.9 Å². The molecule has 1 aromatic heterocycles. The lowest BCUT2D eigenvalue weighted by atomic mass is 10.2. The van der Waals surface area contributed by atoms with Crippen molar-refractivity contribution in [3.63, 3.8) is 0 Å². The minimum Gasteiger partial charge on any atom is -0.345 e. The first kappa shape index (κ1) is 18.7. The SMILES string of the molecule is O=C(NCc1nc2ccccc2n1CC(=O)N1CCCC1)c1cccc(Br)c1. The first-order valence-corrected chi connectivity index (χ1v) is 10.2. The number of hydrogen-bond acceptors (Lipinski definition) is 3. The van der Waals surface area contributed by atoms with Gasteiger partial charge in [0.05, 0.1) is 17.6 Å².